The summed E-state index contributed by atoms with van der Waals surface area (Å²) in [6.07, 6.45) is 2.06. The third kappa shape index (κ3) is 6.71. The lowest BCUT2D eigenvalue weighted by atomic mass is 10.1. The van der Waals surface area contributed by atoms with Crippen molar-refractivity contribution < 1.29 is 4.79 Å². The summed E-state index contributed by atoms with van der Waals surface area (Å²) in [4.78, 5) is 12.0. The van der Waals surface area contributed by atoms with Gasteiger partial charge in [-0.15, -0.1) is 0 Å². The first kappa shape index (κ1) is 16.7. The Morgan fingerprint density at radius 2 is 1.75 bits per heavy atom. The largest absolute Gasteiger partial charge is 0.350 e. The summed E-state index contributed by atoms with van der Waals surface area (Å²) < 4.78 is 0. The van der Waals surface area contributed by atoms with Gasteiger partial charge in [-0.3, -0.25) is 4.79 Å². The van der Waals surface area contributed by atoms with E-state index in [1.165, 1.54) is 5.56 Å². The number of amides is 1. The topological polar surface area (TPSA) is 41.1 Å². The number of benzene rings is 1. The highest BCUT2D eigenvalue weighted by atomic mass is 16.2. The fraction of sp³-hybridized carbons (Fsp3) is 0.588. The average molecular weight is 276 g/mol. The minimum absolute atomic E-state index is 0.0593. The van der Waals surface area contributed by atoms with Crippen molar-refractivity contribution in [2.75, 3.05) is 0 Å². The van der Waals surface area contributed by atoms with Crippen LogP contribution in [0.15, 0.2) is 30.3 Å². The molecule has 20 heavy (non-hydrogen) atoms. The number of rotatable bonds is 6. The first-order chi connectivity index (χ1) is 9.28. The fourth-order valence-electron chi connectivity index (χ4n) is 2.09. The van der Waals surface area contributed by atoms with E-state index in [-0.39, 0.29) is 17.5 Å². The molecule has 1 rings (SSSR count). The number of nitrogens with one attached hydrogen (secondary N) is 2. The summed E-state index contributed by atoms with van der Waals surface area (Å²) in [6.45, 7) is 10.0. The van der Waals surface area contributed by atoms with Crippen molar-refractivity contribution in [1.82, 2.24) is 10.6 Å². The lowest BCUT2D eigenvalue weighted by Gasteiger charge is -2.25. The Morgan fingerprint density at radius 1 is 1.15 bits per heavy atom. The number of carbonyl (C=O) groups is 1. The highest BCUT2D eigenvalue weighted by Crippen LogP contribution is 2.06. The molecule has 1 aromatic rings. The van der Waals surface area contributed by atoms with Gasteiger partial charge >= 0.3 is 0 Å². The Morgan fingerprint density at radius 3 is 2.30 bits per heavy atom. The van der Waals surface area contributed by atoms with Crippen LogP contribution in [0.25, 0.3) is 0 Å². The molecule has 0 fully saturated rings. The molecule has 2 unspecified atom stereocenters. The molecule has 0 aromatic heterocycles. The number of hydrogen-bond donors (Lipinski definition) is 2. The number of aryl methyl sites for hydroxylation is 1. The maximum Gasteiger partial charge on any atom is 0.237 e. The Bertz CT molecular complexity index is 409. The molecule has 3 heteroatoms. The summed E-state index contributed by atoms with van der Waals surface area (Å²) >= 11 is 0. The van der Waals surface area contributed by atoms with Crippen molar-refractivity contribution in [2.24, 2.45) is 0 Å². The Kier molecular flexibility index (Phi) is 6.21. The number of hydrogen-bond acceptors (Lipinski definition) is 2. The van der Waals surface area contributed by atoms with Gasteiger partial charge in [-0.25, -0.2) is 0 Å². The summed E-state index contributed by atoms with van der Waals surface area (Å²) in [5.74, 6) is 0.0593. The second-order valence-corrected chi connectivity index (χ2v) is 6.55. The van der Waals surface area contributed by atoms with E-state index in [0.29, 0.717) is 6.04 Å². The van der Waals surface area contributed by atoms with Crippen molar-refractivity contribution in [3.63, 3.8) is 0 Å². The summed E-state index contributed by atoms with van der Waals surface area (Å²) in [5, 5.41) is 6.36. The van der Waals surface area contributed by atoms with Crippen molar-refractivity contribution in [1.29, 1.82) is 0 Å². The van der Waals surface area contributed by atoms with Crippen molar-refractivity contribution in [3.05, 3.63) is 35.9 Å². The van der Waals surface area contributed by atoms with Gasteiger partial charge in [0.05, 0.1) is 6.04 Å². The van der Waals surface area contributed by atoms with Gasteiger partial charge in [0.15, 0.2) is 0 Å². The van der Waals surface area contributed by atoms with Crippen LogP contribution in [0.1, 0.15) is 46.6 Å². The molecule has 0 spiro atoms. The minimum atomic E-state index is -0.180. The third-order valence-corrected chi connectivity index (χ3v) is 3.13. The SMILES string of the molecule is CC(CCc1ccccc1)NC(C)C(=O)NC(C)(C)C. The van der Waals surface area contributed by atoms with E-state index in [1.54, 1.807) is 0 Å². The molecule has 0 radical (unpaired) electrons. The van der Waals surface area contributed by atoms with Gasteiger partial charge in [0.25, 0.3) is 0 Å². The second kappa shape index (κ2) is 7.44. The van der Waals surface area contributed by atoms with Gasteiger partial charge in [0, 0.05) is 11.6 Å². The molecule has 2 atom stereocenters. The summed E-state index contributed by atoms with van der Waals surface area (Å²) in [5.41, 5.74) is 1.16. The Balaban J connectivity index is 2.34. The van der Waals surface area contributed by atoms with E-state index < -0.39 is 0 Å². The molecular formula is C17H28N2O. The highest BCUT2D eigenvalue weighted by Gasteiger charge is 2.20. The van der Waals surface area contributed by atoms with E-state index in [2.05, 4.69) is 41.8 Å². The first-order valence-electron chi connectivity index (χ1n) is 7.40. The molecule has 0 aliphatic rings. The molecule has 0 aliphatic heterocycles. The highest BCUT2D eigenvalue weighted by molar-refractivity contribution is 5.81. The lowest BCUT2D eigenvalue weighted by molar-refractivity contribution is -0.124. The third-order valence-electron chi connectivity index (χ3n) is 3.13. The molecule has 0 heterocycles. The van der Waals surface area contributed by atoms with E-state index in [0.717, 1.165) is 12.8 Å². The van der Waals surface area contributed by atoms with Crippen LogP contribution in [-0.4, -0.2) is 23.5 Å². The van der Waals surface area contributed by atoms with Crippen LogP contribution in [-0.2, 0) is 11.2 Å². The summed E-state index contributed by atoms with van der Waals surface area (Å²) in [6, 6.07) is 10.6. The standard InChI is InChI=1S/C17H28N2O/c1-13(11-12-15-9-7-6-8-10-15)18-14(2)16(20)19-17(3,4)5/h6-10,13-14,18H,11-12H2,1-5H3,(H,19,20). The van der Waals surface area contributed by atoms with Crippen LogP contribution in [0.3, 0.4) is 0 Å². The smallest absolute Gasteiger partial charge is 0.237 e. The van der Waals surface area contributed by atoms with Crippen molar-refractivity contribution in [3.8, 4) is 0 Å². The quantitative estimate of drug-likeness (QED) is 0.839. The van der Waals surface area contributed by atoms with Crippen molar-refractivity contribution >= 4 is 5.91 Å². The Labute approximate surface area is 123 Å². The zero-order valence-corrected chi connectivity index (χ0v) is 13.4. The van der Waals surface area contributed by atoms with E-state index in [9.17, 15) is 4.79 Å². The monoisotopic (exact) mass is 276 g/mol. The van der Waals surface area contributed by atoms with E-state index in [4.69, 9.17) is 0 Å². The van der Waals surface area contributed by atoms with Crippen molar-refractivity contribution in [2.45, 2.75) is 65.1 Å². The molecule has 112 valence electrons. The molecule has 3 nitrogen and oxygen atoms in total. The molecular weight excluding hydrogens is 248 g/mol. The molecule has 0 bridgehead atoms. The van der Waals surface area contributed by atoms with Crippen LogP contribution in [0.2, 0.25) is 0 Å². The van der Waals surface area contributed by atoms with Gasteiger partial charge in [-0.1, -0.05) is 30.3 Å². The average Bonchev–Trinajstić information content (AvgIpc) is 2.35. The molecule has 2 N–H and O–H groups in total. The zero-order valence-electron chi connectivity index (χ0n) is 13.4. The van der Waals surface area contributed by atoms with Gasteiger partial charge in [-0.05, 0) is 53.0 Å². The van der Waals surface area contributed by atoms with Crippen LogP contribution in [0, 0.1) is 0 Å². The fourth-order valence-corrected chi connectivity index (χ4v) is 2.09. The molecule has 0 saturated heterocycles. The molecule has 0 saturated carbocycles. The van der Waals surface area contributed by atoms with E-state index >= 15 is 0 Å². The zero-order chi connectivity index (χ0) is 15.2. The predicted molar refractivity (Wildman–Crippen MR) is 84.7 cm³/mol. The first-order valence-corrected chi connectivity index (χ1v) is 7.40. The predicted octanol–water partition coefficient (Wildman–Crippen LogP) is 2.90. The maximum absolute atomic E-state index is 12.0. The minimum Gasteiger partial charge on any atom is -0.350 e. The lowest BCUT2D eigenvalue weighted by Crippen LogP contribution is -2.51. The molecule has 1 amide bonds. The second-order valence-electron chi connectivity index (χ2n) is 6.55. The number of carbonyl (C=O) groups excluding carboxylic acids is 1. The van der Waals surface area contributed by atoms with Crippen LogP contribution >= 0.6 is 0 Å². The van der Waals surface area contributed by atoms with Crippen LogP contribution in [0.5, 0.6) is 0 Å². The summed E-state index contributed by atoms with van der Waals surface area (Å²) in [7, 11) is 0. The van der Waals surface area contributed by atoms with Gasteiger partial charge < -0.3 is 10.6 Å². The molecule has 1 aromatic carbocycles. The van der Waals surface area contributed by atoms with Gasteiger partial charge in [-0.2, -0.15) is 0 Å². The van der Waals surface area contributed by atoms with Gasteiger partial charge in [0.1, 0.15) is 0 Å². The van der Waals surface area contributed by atoms with E-state index in [1.807, 2.05) is 33.8 Å². The van der Waals surface area contributed by atoms with Crippen LogP contribution < -0.4 is 10.6 Å². The normalized spacial score (nSPS) is 14.7. The maximum atomic E-state index is 12.0. The Hall–Kier alpha value is -1.35. The van der Waals surface area contributed by atoms with Gasteiger partial charge in [0.2, 0.25) is 5.91 Å². The molecule has 0 aliphatic carbocycles. The van der Waals surface area contributed by atoms with Crippen LogP contribution in [0.4, 0.5) is 0 Å².